The molecule has 0 aliphatic carbocycles. The van der Waals surface area contributed by atoms with Crippen LogP contribution in [-0.2, 0) is 9.59 Å². The molecule has 0 bridgehead atoms. The number of rotatable bonds is 8. The first-order valence-electron chi connectivity index (χ1n) is 11.0. The molecule has 36 heavy (non-hydrogen) atoms. The maximum Gasteiger partial charge on any atom is 0.265 e. The Labute approximate surface area is 207 Å². The lowest BCUT2D eigenvalue weighted by Gasteiger charge is -2.29. The molecule has 0 spiro atoms. The van der Waals surface area contributed by atoms with Crippen molar-refractivity contribution < 1.29 is 33.3 Å². The van der Waals surface area contributed by atoms with Crippen molar-refractivity contribution in [2.45, 2.75) is 0 Å². The average molecular weight is 492 g/mol. The van der Waals surface area contributed by atoms with Gasteiger partial charge in [0, 0.05) is 16.9 Å². The van der Waals surface area contributed by atoms with Crippen molar-refractivity contribution in [1.29, 1.82) is 0 Å². The summed E-state index contributed by atoms with van der Waals surface area (Å²) in [5, 5.41) is 5.55. The van der Waals surface area contributed by atoms with Crippen molar-refractivity contribution in [3.8, 4) is 23.0 Å². The van der Waals surface area contributed by atoms with Gasteiger partial charge in [0.2, 0.25) is 11.7 Å². The van der Waals surface area contributed by atoms with Crippen molar-refractivity contribution in [1.82, 2.24) is 0 Å². The normalized spacial score (nSPS) is 12.2. The van der Waals surface area contributed by atoms with Crippen LogP contribution in [-0.4, -0.2) is 52.2 Å². The van der Waals surface area contributed by atoms with Gasteiger partial charge < -0.3 is 29.6 Å². The molecule has 186 valence electrons. The highest BCUT2D eigenvalue weighted by atomic mass is 16.5. The van der Waals surface area contributed by atoms with Gasteiger partial charge in [0.1, 0.15) is 12.3 Å². The fraction of sp³-hybridized carbons (Fsp3) is 0.192. The van der Waals surface area contributed by atoms with Crippen LogP contribution in [0.4, 0.5) is 17.1 Å². The second-order valence-electron chi connectivity index (χ2n) is 7.73. The van der Waals surface area contributed by atoms with Crippen LogP contribution < -0.4 is 34.5 Å². The Morgan fingerprint density at radius 3 is 2.22 bits per heavy atom. The minimum atomic E-state index is -0.439. The van der Waals surface area contributed by atoms with Crippen molar-refractivity contribution in [3.05, 3.63) is 66.2 Å². The zero-order valence-corrected chi connectivity index (χ0v) is 20.0. The molecule has 3 aromatic carbocycles. The van der Waals surface area contributed by atoms with Crippen LogP contribution in [0.15, 0.2) is 60.7 Å². The molecule has 10 nitrogen and oxygen atoms in total. The number of benzene rings is 3. The predicted molar refractivity (Wildman–Crippen MR) is 133 cm³/mol. The number of para-hydroxylation sites is 1. The molecule has 3 aromatic rings. The molecule has 1 aliphatic heterocycles. The van der Waals surface area contributed by atoms with Crippen LogP contribution in [0.2, 0.25) is 0 Å². The largest absolute Gasteiger partial charge is 0.493 e. The van der Waals surface area contributed by atoms with E-state index in [0.717, 1.165) is 0 Å². The van der Waals surface area contributed by atoms with Gasteiger partial charge in [-0.25, -0.2) is 0 Å². The summed E-state index contributed by atoms with van der Waals surface area (Å²) in [6, 6.07) is 16.9. The average Bonchev–Trinajstić information content (AvgIpc) is 2.90. The summed E-state index contributed by atoms with van der Waals surface area (Å²) in [6.45, 7) is -0.406. The Kier molecular flexibility index (Phi) is 7.24. The summed E-state index contributed by atoms with van der Waals surface area (Å²) in [5.41, 5.74) is 1.67. The molecule has 4 rings (SSSR count). The van der Waals surface area contributed by atoms with Gasteiger partial charge in [-0.3, -0.25) is 19.3 Å². The van der Waals surface area contributed by atoms with Crippen LogP contribution in [0.1, 0.15) is 10.4 Å². The number of hydrogen-bond donors (Lipinski definition) is 2. The van der Waals surface area contributed by atoms with E-state index in [1.807, 2.05) is 6.07 Å². The van der Waals surface area contributed by atoms with E-state index in [9.17, 15) is 14.4 Å². The Morgan fingerprint density at radius 1 is 0.889 bits per heavy atom. The van der Waals surface area contributed by atoms with Gasteiger partial charge in [0.05, 0.1) is 27.0 Å². The lowest BCUT2D eigenvalue weighted by atomic mass is 10.1. The van der Waals surface area contributed by atoms with Crippen molar-refractivity contribution in [2.75, 3.05) is 50.0 Å². The molecule has 10 heteroatoms. The second-order valence-corrected chi connectivity index (χ2v) is 7.73. The Bertz CT molecular complexity index is 1270. The fourth-order valence-corrected chi connectivity index (χ4v) is 3.73. The number of carbonyl (C=O) groups excluding carboxylic acids is 3. The third-order valence-corrected chi connectivity index (χ3v) is 5.45. The number of fused-ring (bicyclic) bond motifs is 1. The zero-order valence-electron chi connectivity index (χ0n) is 20.0. The predicted octanol–water partition coefficient (Wildman–Crippen LogP) is 3.33. The molecule has 0 fully saturated rings. The first-order valence-corrected chi connectivity index (χ1v) is 11.0. The van der Waals surface area contributed by atoms with Crippen molar-refractivity contribution in [2.24, 2.45) is 0 Å². The maximum absolute atomic E-state index is 13.0. The highest BCUT2D eigenvalue weighted by Crippen LogP contribution is 2.39. The monoisotopic (exact) mass is 491 g/mol. The molecule has 2 N–H and O–H groups in total. The summed E-state index contributed by atoms with van der Waals surface area (Å²) < 4.78 is 21.4. The van der Waals surface area contributed by atoms with E-state index in [1.165, 1.54) is 38.4 Å². The van der Waals surface area contributed by atoms with Gasteiger partial charge in [-0.1, -0.05) is 18.2 Å². The quantitative estimate of drug-likeness (QED) is 0.497. The number of hydrogen-bond acceptors (Lipinski definition) is 7. The summed E-state index contributed by atoms with van der Waals surface area (Å²) in [5.74, 6) is 0.279. The molecule has 3 amide bonds. The summed E-state index contributed by atoms with van der Waals surface area (Å²) >= 11 is 0. The van der Waals surface area contributed by atoms with Gasteiger partial charge >= 0.3 is 0 Å². The van der Waals surface area contributed by atoms with E-state index in [4.69, 9.17) is 18.9 Å². The summed E-state index contributed by atoms with van der Waals surface area (Å²) in [7, 11) is 4.40. The van der Waals surface area contributed by atoms with Crippen LogP contribution in [0.25, 0.3) is 0 Å². The number of nitrogens with one attached hydrogen (secondary N) is 2. The van der Waals surface area contributed by atoms with E-state index in [0.29, 0.717) is 40.1 Å². The molecule has 0 radical (unpaired) electrons. The minimum Gasteiger partial charge on any atom is -0.493 e. The van der Waals surface area contributed by atoms with Gasteiger partial charge in [0.25, 0.3) is 11.8 Å². The first kappa shape index (κ1) is 24.4. The highest BCUT2D eigenvalue weighted by molar-refractivity contribution is 6.07. The van der Waals surface area contributed by atoms with Crippen LogP contribution in [0, 0.1) is 0 Å². The van der Waals surface area contributed by atoms with Crippen LogP contribution in [0.5, 0.6) is 23.0 Å². The smallest absolute Gasteiger partial charge is 0.265 e. The number of methoxy groups -OCH3 is 3. The molecule has 0 unspecified atom stereocenters. The Hall–Kier alpha value is -4.73. The topological polar surface area (TPSA) is 115 Å². The zero-order chi connectivity index (χ0) is 25.7. The molecule has 1 heterocycles. The van der Waals surface area contributed by atoms with E-state index in [1.54, 1.807) is 42.5 Å². The summed E-state index contributed by atoms with van der Waals surface area (Å²) in [4.78, 5) is 39.5. The van der Waals surface area contributed by atoms with Crippen LogP contribution >= 0.6 is 0 Å². The number of nitrogens with zero attached hydrogens (tertiary/aromatic N) is 1. The van der Waals surface area contributed by atoms with E-state index < -0.39 is 5.91 Å². The van der Waals surface area contributed by atoms with Gasteiger partial charge in [-0.05, 0) is 42.5 Å². The highest BCUT2D eigenvalue weighted by Gasteiger charge is 2.28. The Balaban J connectivity index is 1.55. The minimum absolute atomic E-state index is 0.192. The Morgan fingerprint density at radius 2 is 1.58 bits per heavy atom. The number of anilines is 3. The lowest BCUT2D eigenvalue weighted by Crippen LogP contribution is -2.43. The molecular formula is C26H25N3O7. The number of ether oxygens (including phenoxy) is 4. The number of amides is 3. The van der Waals surface area contributed by atoms with Gasteiger partial charge in [0.15, 0.2) is 18.1 Å². The molecule has 0 saturated carbocycles. The molecule has 0 atom stereocenters. The van der Waals surface area contributed by atoms with Gasteiger partial charge in [-0.15, -0.1) is 0 Å². The SMILES string of the molecule is COc1cc(C(=O)Nc2ccc3c(c2)N(CC(=O)Nc2ccccc2)C(=O)CO3)cc(OC)c1OC. The second kappa shape index (κ2) is 10.7. The number of carbonyl (C=O) groups is 3. The lowest BCUT2D eigenvalue weighted by molar-refractivity contribution is -0.123. The first-order chi connectivity index (χ1) is 17.4. The maximum atomic E-state index is 13.0. The van der Waals surface area contributed by atoms with E-state index in [-0.39, 0.29) is 30.5 Å². The molecule has 0 saturated heterocycles. The fourth-order valence-electron chi connectivity index (χ4n) is 3.73. The third kappa shape index (κ3) is 5.17. The molecular weight excluding hydrogens is 466 g/mol. The van der Waals surface area contributed by atoms with E-state index >= 15 is 0 Å². The summed E-state index contributed by atoms with van der Waals surface area (Å²) in [6.07, 6.45) is 0. The van der Waals surface area contributed by atoms with Crippen LogP contribution in [0.3, 0.4) is 0 Å². The third-order valence-electron chi connectivity index (χ3n) is 5.45. The van der Waals surface area contributed by atoms with Crippen molar-refractivity contribution >= 4 is 34.8 Å². The van der Waals surface area contributed by atoms with E-state index in [2.05, 4.69) is 10.6 Å². The molecule has 0 aromatic heterocycles. The van der Waals surface area contributed by atoms with Crippen molar-refractivity contribution in [3.63, 3.8) is 0 Å². The molecule has 1 aliphatic rings. The van der Waals surface area contributed by atoms with Gasteiger partial charge in [-0.2, -0.15) is 0 Å². The standard InChI is InChI=1S/C26H25N3O7/c1-33-21-11-16(12-22(34-2)25(21)35-3)26(32)28-18-9-10-20-19(13-18)29(24(31)15-36-20)14-23(30)27-17-7-5-4-6-8-17/h4-13H,14-15H2,1-3H3,(H,27,30)(H,28,32).